The van der Waals surface area contributed by atoms with E-state index in [0.717, 1.165) is 19.6 Å². The van der Waals surface area contributed by atoms with Crippen molar-refractivity contribution >= 4 is 15.9 Å². The van der Waals surface area contributed by atoms with E-state index in [4.69, 9.17) is 20.1 Å². The molecule has 0 aliphatic heterocycles. The molecule has 0 amide bonds. The highest BCUT2D eigenvalue weighted by molar-refractivity contribution is 9.09. The van der Waals surface area contributed by atoms with Crippen LogP contribution in [0.1, 0.15) is 219 Å². The fraction of sp³-hybridized carbons (Fsp3) is 1.00. The molecule has 0 aromatic rings. The lowest BCUT2D eigenvalue weighted by Gasteiger charge is -2.04. The first-order valence-corrected chi connectivity index (χ1v) is 21.3. The topological polar surface area (TPSA) is 69.9 Å². The van der Waals surface area contributed by atoms with Gasteiger partial charge in [-0.2, -0.15) is 0 Å². The monoisotopic (exact) mass is 709 g/mol. The molecule has 0 rings (SSSR count). The van der Waals surface area contributed by atoms with Crippen LogP contribution in [-0.2, 0) is 4.74 Å². The van der Waals surface area contributed by atoms with Gasteiger partial charge >= 0.3 is 0 Å². The summed E-state index contributed by atoms with van der Waals surface area (Å²) in [5, 5.41) is 25.6. The van der Waals surface area contributed by atoms with Crippen LogP contribution in [0.4, 0.5) is 0 Å². The SMILES string of the molecule is CCCCCCCCCCCCCCCCCBr.CCCCCCCCCCCCCCCCCOCCCO.OCCCO. The largest absolute Gasteiger partial charge is 0.396 e. The molecule has 276 valence electrons. The van der Waals surface area contributed by atoms with Gasteiger partial charge in [-0.3, -0.25) is 0 Å². The summed E-state index contributed by atoms with van der Waals surface area (Å²) in [6.45, 7) is 6.60. The molecule has 0 atom stereocenters. The van der Waals surface area contributed by atoms with Crippen molar-refractivity contribution in [3.05, 3.63) is 0 Å². The number of ether oxygens (including phenoxy) is 1. The average molecular weight is 710 g/mol. The zero-order valence-corrected chi connectivity index (χ0v) is 32.6. The Morgan fingerprint density at radius 3 is 0.800 bits per heavy atom. The van der Waals surface area contributed by atoms with Crippen LogP contribution in [0.2, 0.25) is 0 Å². The predicted molar refractivity (Wildman–Crippen MR) is 205 cm³/mol. The van der Waals surface area contributed by atoms with Gasteiger partial charge in [0.2, 0.25) is 0 Å². The van der Waals surface area contributed by atoms with Gasteiger partial charge in [-0.05, 0) is 25.7 Å². The van der Waals surface area contributed by atoms with Gasteiger partial charge in [0.25, 0.3) is 0 Å². The van der Waals surface area contributed by atoms with Crippen LogP contribution < -0.4 is 0 Å². The van der Waals surface area contributed by atoms with Crippen LogP contribution in [0.25, 0.3) is 0 Å². The quantitative estimate of drug-likeness (QED) is 0.0447. The third-order valence-electron chi connectivity index (χ3n) is 8.39. The maximum Gasteiger partial charge on any atom is 0.0487 e. The van der Waals surface area contributed by atoms with E-state index in [1.807, 2.05) is 0 Å². The first-order chi connectivity index (χ1) is 22.2. The summed E-state index contributed by atoms with van der Waals surface area (Å²) in [5.41, 5.74) is 0. The van der Waals surface area contributed by atoms with Gasteiger partial charge in [-0.25, -0.2) is 0 Å². The van der Waals surface area contributed by atoms with E-state index in [9.17, 15) is 0 Å². The third-order valence-corrected chi connectivity index (χ3v) is 8.95. The Morgan fingerprint density at radius 2 is 0.556 bits per heavy atom. The summed E-state index contributed by atoms with van der Waals surface area (Å²) in [6.07, 6.45) is 44.1. The first kappa shape index (κ1) is 49.7. The van der Waals surface area contributed by atoms with Crippen molar-refractivity contribution in [2.24, 2.45) is 0 Å². The molecule has 0 spiro atoms. The number of halogens is 1. The molecule has 0 aliphatic carbocycles. The van der Waals surface area contributed by atoms with Crippen LogP contribution in [0.15, 0.2) is 0 Å². The lowest BCUT2D eigenvalue weighted by Crippen LogP contribution is -1.98. The Balaban J connectivity index is -0.000000690. The normalized spacial score (nSPS) is 10.8. The average Bonchev–Trinajstić information content (AvgIpc) is 3.05. The van der Waals surface area contributed by atoms with Crippen LogP contribution >= 0.6 is 15.9 Å². The minimum atomic E-state index is 0.0938. The highest BCUT2D eigenvalue weighted by atomic mass is 79.9. The van der Waals surface area contributed by atoms with Crippen molar-refractivity contribution in [3.63, 3.8) is 0 Å². The van der Waals surface area contributed by atoms with E-state index in [1.54, 1.807) is 0 Å². The van der Waals surface area contributed by atoms with Gasteiger partial charge in [-0.15, -0.1) is 0 Å². The molecule has 0 saturated heterocycles. The van der Waals surface area contributed by atoms with Crippen LogP contribution in [-0.4, -0.2) is 53.7 Å². The predicted octanol–water partition coefficient (Wildman–Crippen LogP) is 12.9. The Hall–Kier alpha value is 0.320. The fourth-order valence-corrected chi connectivity index (χ4v) is 5.78. The molecule has 0 heterocycles. The number of aliphatic hydroxyl groups is 3. The summed E-state index contributed by atoms with van der Waals surface area (Å²) in [4.78, 5) is 0. The maximum atomic E-state index is 8.62. The minimum absolute atomic E-state index is 0.0938. The molecule has 45 heavy (non-hydrogen) atoms. The Labute approximate surface area is 292 Å². The third kappa shape index (κ3) is 60.2. The molecule has 0 aromatic carbocycles. The van der Waals surface area contributed by atoms with Crippen LogP contribution in [0, 0.1) is 0 Å². The summed E-state index contributed by atoms with van der Waals surface area (Å²) >= 11 is 3.49. The molecule has 5 heteroatoms. The second-order valence-electron chi connectivity index (χ2n) is 13.1. The molecule has 0 aromatic heterocycles. The smallest absolute Gasteiger partial charge is 0.0487 e. The molecule has 0 fully saturated rings. The standard InChI is InChI=1S/C20H42O2.C17H35Br.C3H8O2/c1-2-3-4-5-6-7-8-9-10-11-12-13-14-15-16-19-22-20-17-18-21;1-2-3-4-5-6-7-8-9-10-11-12-13-14-15-16-17-18;4-2-1-3-5/h21H,2-20H2,1H3;2-17H2,1H3;4-5H,1-3H2. The molecule has 0 aliphatic rings. The number of aliphatic hydroxyl groups excluding tert-OH is 3. The van der Waals surface area contributed by atoms with Gasteiger partial charge in [0.15, 0.2) is 0 Å². The lowest BCUT2D eigenvalue weighted by molar-refractivity contribution is 0.112. The van der Waals surface area contributed by atoms with E-state index in [-0.39, 0.29) is 19.8 Å². The number of rotatable bonds is 36. The number of hydrogen-bond acceptors (Lipinski definition) is 4. The first-order valence-electron chi connectivity index (χ1n) is 20.2. The van der Waals surface area contributed by atoms with Gasteiger partial charge in [0, 0.05) is 38.4 Å². The Kier molecular flexibility index (Phi) is 59.4. The summed E-state index contributed by atoms with van der Waals surface area (Å²) < 4.78 is 5.43. The van der Waals surface area contributed by atoms with Gasteiger partial charge < -0.3 is 20.1 Å². The van der Waals surface area contributed by atoms with Gasteiger partial charge in [0.05, 0.1) is 0 Å². The van der Waals surface area contributed by atoms with E-state index in [0.29, 0.717) is 6.42 Å². The van der Waals surface area contributed by atoms with Crippen molar-refractivity contribution in [1.82, 2.24) is 0 Å². The highest BCUT2D eigenvalue weighted by Crippen LogP contribution is 2.14. The minimum Gasteiger partial charge on any atom is -0.396 e. The van der Waals surface area contributed by atoms with Crippen LogP contribution in [0.5, 0.6) is 0 Å². The van der Waals surface area contributed by atoms with Crippen molar-refractivity contribution in [1.29, 1.82) is 0 Å². The van der Waals surface area contributed by atoms with Crippen molar-refractivity contribution in [2.75, 3.05) is 38.4 Å². The molecular weight excluding hydrogens is 624 g/mol. The number of unbranched alkanes of at least 4 members (excludes halogenated alkanes) is 28. The zero-order chi connectivity index (χ0) is 33.6. The molecular formula is C40H85BrO4. The van der Waals surface area contributed by atoms with Crippen molar-refractivity contribution in [2.45, 2.75) is 219 Å². The fourth-order valence-electron chi connectivity index (χ4n) is 5.38. The summed E-state index contributed by atoms with van der Waals surface area (Å²) in [5.74, 6) is 0. The second-order valence-corrected chi connectivity index (χ2v) is 13.9. The van der Waals surface area contributed by atoms with Crippen molar-refractivity contribution in [3.8, 4) is 0 Å². The van der Waals surface area contributed by atoms with Crippen molar-refractivity contribution < 1.29 is 20.1 Å². The maximum absolute atomic E-state index is 8.62. The zero-order valence-electron chi connectivity index (χ0n) is 31.0. The van der Waals surface area contributed by atoms with E-state index >= 15 is 0 Å². The van der Waals surface area contributed by atoms with Crippen LogP contribution in [0.3, 0.4) is 0 Å². The number of alkyl halides is 1. The van der Waals surface area contributed by atoms with Gasteiger partial charge in [0.1, 0.15) is 0 Å². The summed E-state index contributed by atoms with van der Waals surface area (Å²) in [6, 6.07) is 0. The van der Waals surface area contributed by atoms with E-state index in [1.165, 1.54) is 198 Å². The Bertz CT molecular complexity index is 401. The highest BCUT2D eigenvalue weighted by Gasteiger charge is 1.96. The summed E-state index contributed by atoms with van der Waals surface area (Å²) in [7, 11) is 0. The molecule has 0 saturated carbocycles. The van der Waals surface area contributed by atoms with E-state index < -0.39 is 0 Å². The molecule has 0 bridgehead atoms. The molecule has 3 N–H and O–H groups in total. The lowest BCUT2D eigenvalue weighted by atomic mass is 10.0. The molecule has 0 unspecified atom stereocenters. The number of hydrogen-bond donors (Lipinski definition) is 3. The van der Waals surface area contributed by atoms with Gasteiger partial charge in [-0.1, -0.05) is 210 Å². The molecule has 0 radical (unpaired) electrons. The second kappa shape index (κ2) is 53.8. The Morgan fingerprint density at radius 1 is 0.311 bits per heavy atom. The van der Waals surface area contributed by atoms with E-state index in [2.05, 4.69) is 29.8 Å². The molecule has 4 nitrogen and oxygen atoms in total.